The minimum absolute atomic E-state index is 0.220. The van der Waals surface area contributed by atoms with Gasteiger partial charge >= 0.3 is 0 Å². The zero-order valence-electron chi connectivity index (χ0n) is 17.5. The van der Waals surface area contributed by atoms with Crippen LogP contribution in [-0.2, 0) is 4.79 Å². The molecule has 0 aromatic heterocycles. The van der Waals surface area contributed by atoms with Gasteiger partial charge in [0.2, 0.25) is 0 Å². The van der Waals surface area contributed by atoms with E-state index in [1.54, 1.807) is 38.4 Å². The van der Waals surface area contributed by atoms with Gasteiger partial charge in [0.05, 0.1) is 27.0 Å². The molecule has 1 aliphatic rings. The first-order valence-corrected chi connectivity index (χ1v) is 9.71. The van der Waals surface area contributed by atoms with Crippen molar-refractivity contribution in [1.82, 2.24) is 0 Å². The Morgan fingerprint density at radius 1 is 0.806 bits per heavy atom. The Kier molecular flexibility index (Phi) is 5.71. The molecule has 0 N–H and O–H groups in total. The molecule has 0 unspecified atom stereocenters. The summed E-state index contributed by atoms with van der Waals surface area (Å²) in [5, 5.41) is 0. The lowest BCUT2D eigenvalue weighted by molar-refractivity contribution is -0.113. The molecule has 6 nitrogen and oxygen atoms in total. The van der Waals surface area contributed by atoms with Crippen molar-refractivity contribution >= 4 is 23.5 Å². The predicted octanol–water partition coefficient (Wildman–Crippen LogP) is 4.55. The molecule has 31 heavy (non-hydrogen) atoms. The van der Waals surface area contributed by atoms with Gasteiger partial charge in [-0.2, -0.15) is 0 Å². The Morgan fingerprint density at radius 2 is 1.48 bits per heavy atom. The van der Waals surface area contributed by atoms with Gasteiger partial charge in [0, 0.05) is 17.2 Å². The molecular formula is C25H22N2O4. The van der Waals surface area contributed by atoms with E-state index in [1.807, 2.05) is 66.7 Å². The number of carbonyl (C=O) groups is 1. The van der Waals surface area contributed by atoms with Crippen molar-refractivity contribution in [3.05, 3.63) is 89.6 Å². The average Bonchev–Trinajstić information content (AvgIpc) is 3.15. The summed E-state index contributed by atoms with van der Waals surface area (Å²) in [6, 6.07) is 22.4. The van der Waals surface area contributed by atoms with Gasteiger partial charge in [-0.1, -0.05) is 30.3 Å². The van der Waals surface area contributed by atoms with Crippen molar-refractivity contribution < 1.29 is 19.0 Å². The lowest BCUT2D eigenvalue weighted by Crippen LogP contribution is -2.32. The lowest BCUT2D eigenvalue weighted by Gasteiger charge is -2.18. The number of anilines is 1. The molecule has 156 valence electrons. The van der Waals surface area contributed by atoms with Crippen LogP contribution in [0.5, 0.6) is 17.2 Å². The largest absolute Gasteiger partial charge is 0.497 e. The maximum atomic E-state index is 13.4. The summed E-state index contributed by atoms with van der Waals surface area (Å²) in [7, 11) is 4.78. The molecule has 1 heterocycles. The highest BCUT2D eigenvalue weighted by Crippen LogP contribution is 2.32. The highest BCUT2D eigenvalue weighted by atomic mass is 16.5. The fourth-order valence-corrected chi connectivity index (χ4v) is 3.35. The Labute approximate surface area is 181 Å². The van der Waals surface area contributed by atoms with Gasteiger partial charge in [0.25, 0.3) is 5.91 Å². The molecule has 3 aromatic rings. The fraction of sp³-hybridized carbons (Fsp3) is 0.120. The molecule has 3 aromatic carbocycles. The van der Waals surface area contributed by atoms with E-state index >= 15 is 0 Å². The van der Waals surface area contributed by atoms with Gasteiger partial charge in [-0.25, -0.2) is 4.99 Å². The summed E-state index contributed by atoms with van der Waals surface area (Å²) in [6.45, 7) is 0. The van der Waals surface area contributed by atoms with Crippen molar-refractivity contribution in [2.24, 2.45) is 4.99 Å². The number of rotatable bonds is 6. The lowest BCUT2D eigenvalue weighted by atomic mass is 10.1. The first-order valence-electron chi connectivity index (χ1n) is 9.71. The van der Waals surface area contributed by atoms with Gasteiger partial charge in [-0.15, -0.1) is 0 Å². The number of hydrogen-bond donors (Lipinski definition) is 0. The standard InChI is InChI=1S/C25H22N2O4/c1-29-20-13-10-19(11-14-20)27-24(17-7-5-4-6-8-17)26-22(25(27)28)15-18-9-12-21(30-2)16-23(18)31-3/h4-16H,1-3H3/b22-15+. The molecule has 0 spiro atoms. The zero-order valence-corrected chi connectivity index (χ0v) is 17.5. The molecule has 0 saturated heterocycles. The topological polar surface area (TPSA) is 60.4 Å². The van der Waals surface area contributed by atoms with E-state index in [0.717, 1.165) is 11.1 Å². The number of ether oxygens (including phenoxy) is 3. The van der Waals surface area contributed by atoms with Crippen LogP contribution in [0.1, 0.15) is 11.1 Å². The number of amidine groups is 1. The average molecular weight is 414 g/mol. The maximum Gasteiger partial charge on any atom is 0.282 e. The summed E-state index contributed by atoms with van der Waals surface area (Å²) in [6.07, 6.45) is 1.73. The monoisotopic (exact) mass is 414 g/mol. The molecule has 4 rings (SSSR count). The molecular weight excluding hydrogens is 392 g/mol. The second-order valence-corrected chi connectivity index (χ2v) is 6.78. The second-order valence-electron chi connectivity index (χ2n) is 6.78. The van der Waals surface area contributed by atoms with E-state index in [2.05, 4.69) is 4.99 Å². The van der Waals surface area contributed by atoms with Gasteiger partial charge in [-0.05, 0) is 42.5 Å². The van der Waals surface area contributed by atoms with Gasteiger partial charge in [0.1, 0.15) is 28.8 Å². The third kappa shape index (κ3) is 4.00. The Bertz CT molecular complexity index is 1150. The number of carbonyl (C=O) groups excluding carboxylic acids is 1. The van der Waals surface area contributed by atoms with Gasteiger partial charge < -0.3 is 14.2 Å². The molecule has 0 radical (unpaired) electrons. The van der Waals surface area contributed by atoms with E-state index in [4.69, 9.17) is 14.2 Å². The molecule has 0 atom stereocenters. The van der Waals surface area contributed by atoms with Crippen molar-refractivity contribution in [3.63, 3.8) is 0 Å². The van der Waals surface area contributed by atoms with Gasteiger partial charge in [-0.3, -0.25) is 9.69 Å². The number of methoxy groups -OCH3 is 3. The van der Waals surface area contributed by atoms with E-state index in [9.17, 15) is 4.79 Å². The maximum absolute atomic E-state index is 13.4. The second kappa shape index (κ2) is 8.75. The first kappa shape index (κ1) is 20.2. The van der Waals surface area contributed by atoms with Crippen molar-refractivity contribution in [1.29, 1.82) is 0 Å². The highest BCUT2D eigenvalue weighted by Gasteiger charge is 2.32. The highest BCUT2D eigenvalue weighted by molar-refractivity contribution is 6.33. The molecule has 0 fully saturated rings. The summed E-state index contributed by atoms with van der Waals surface area (Å²) in [5.41, 5.74) is 2.60. The number of nitrogens with zero attached hydrogens (tertiary/aromatic N) is 2. The molecule has 6 heteroatoms. The quantitative estimate of drug-likeness (QED) is 0.556. The van der Waals surface area contributed by atoms with Crippen LogP contribution >= 0.6 is 0 Å². The Balaban J connectivity index is 1.80. The summed E-state index contributed by atoms with van der Waals surface area (Å²) in [5.74, 6) is 2.33. The molecule has 1 aliphatic heterocycles. The molecule has 0 saturated carbocycles. The summed E-state index contributed by atoms with van der Waals surface area (Å²) < 4.78 is 16.0. The van der Waals surface area contributed by atoms with Crippen LogP contribution in [-0.4, -0.2) is 33.1 Å². The third-order valence-electron chi connectivity index (χ3n) is 4.96. The van der Waals surface area contributed by atoms with Crippen LogP contribution in [0.15, 0.2) is 83.5 Å². The van der Waals surface area contributed by atoms with Crippen molar-refractivity contribution in [2.45, 2.75) is 0 Å². The van der Waals surface area contributed by atoms with Crippen LogP contribution in [0, 0.1) is 0 Å². The molecule has 0 bridgehead atoms. The minimum atomic E-state index is -0.220. The van der Waals surface area contributed by atoms with E-state index < -0.39 is 0 Å². The van der Waals surface area contributed by atoms with E-state index in [-0.39, 0.29) is 5.91 Å². The van der Waals surface area contributed by atoms with Crippen molar-refractivity contribution in [3.8, 4) is 17.2 Å². The number of aliphatic imine (C=N–C) groups is 1. The number of benzene rings is 3. The SMILES string of the molecule is COc1ccc(N2C(=O)/C(=C\c3ccc(OC)cc3OC)N=C2c2ccccc2)cc1. The number of amides is 1. The van der Waals surface area contributed by atoms with Crippen LogP contribution in [0.2, 0.25) is 0 Å². The van der Waals surface area contributed by atoms with Gasteiger partial charge in [0.15, 0.2) is 0 Å². The van der Waals surface area contributed by atoms with E-state index in [0.29, 0.717) is 34.5 Å². The normalized spacial score (nSPS) is 14.5. The molecule has 0 aliphatic carbocycles. The minimum Gasteiger partial charge on any atom is -0.497 e. The predicted molar refractivity (Wildman–Crippen MR) is 121 cm³/mol. The van der Waals surface area contributed by atoms with Crippen molar-refractivity contribution in [2.75, 3.05) is 26.2 Å². The Morgan fingerprint density at radius 3 is 2.13 bits per heavy atom. The zero-order chi connectivity index (χ0) is 21.8. The smallest absolute Gasteiger partial charge is 0.282 e. The van der Waals surface area contributed by atoms with E-state index in [1.165, 1.54) is 0 Å². The molecule has 1 amide bonds. The Hall–Kier alpha value is -4.06. The summed E-state index contributed by atoms with van der Waals surface area (Å²) >= 11 is 0. The third-order valence-corrected chi connectivity index (χ3v) is 4.96. The summed E-state index contributed by atoms with van der Waals surface area (Å²) in [4.78, 5) is 19.7. The fourth-order valence-electron chi connectivity index (χ4n) is 3.35. The van der Waals surface area contributed by atoms with Crippen LogP contribution in [0.25, 0.3) is 6.08 Å². The first-order chi connectivity index (χ1) is 15.1. The van der Waals surface area contributed by atoms with Crippen LogP contribution < -0.4 is 19.1 Å². The van der Waals surface area contributed by atoms with Crippen LogP contribution in [0.3, 0.4) is 0 Å². The number of hydrogen-bond acceptors (Lipinski definition) is 5. The van der Waals surface area contributed by atoms with Crippen LogP contribution in [0.4, 0.5) is 5.69 Å².